The number of hydrogen-bond acceptors (Lipinski definition) is 5. The molecule has 0 unspecified atom stereocenters. The molecule has 5 rings (SSSR count). The molecule has 0 radical (unpaired) electrons. The van der Waals surface area contributed by atoms with E-state index < -0.39 is 0 Å². The lowest BCUT2D eigenvalue weighted by atomic mass is 10.1. The second-order valence-electron chi connectivity index (χ2n) is 7.13. The number of nitrogens with zero attached hydrogens (tertiary/aromatic N) is 4. The molecule has 0 aliphatic carbocycles. The molecule has 0 saturated heterocycles. The molecule has 3 heterocycles. The fraction of sp³-hybridized carbons (Fsp3) is 0.182. The van der Waals surface area contributed by atoms with Crippen LogP contribution in [-0.2, 0) is 29.0 Å². The molecule has 7 nitrogen and oxygen atoms in total. The van der Waals surface area contributed by atoms with Crippen LogP contribution in [-0.4, -0.2) is 32.9 Å². The third-order valence-electron chi connectivity index (χ3n) is 5.06. The highest BCUT2D eigenvalue weighted by Gasteiger charge is 2.28. The van der Waals surface area contributed by atoms with E-state index in [0.29, 0.717) is 29.7 Å². The van der Waals surface area contributed by atoms with Crippen molar-refractivity contribution in [1.82, 2.24) is 14.5 Å². The van der Waals surface area contributed by atoms with Crippen LogP contribution < -0.4 is 10.2 Å². The first-order valence-electron chi connectivity index (χ1n) is 9.71. The highest BCUT2D eigenvalue weighted by molar-refractivity contribution is 7.13. The van der Waals surface area contributed by atoms with Gasteiger partial charge in [-0.1, -0.05) is 42.5 Å². The van der Waals surface area contributed by atoms with Crippen LogP contribution >= 0.6 is 11.3 Å². The Hall–Kier alpha value is -3.52. The number of benzene rings is 2. The van der Waals surface area contributed by atoms with Crippen LogP contribution in [0, 0.1) is 0 Å². The third-order valence-corrected chi connectivity index (χ3v) is 5.87. The fourth-order valence-electron chi connectivity index (χ4n) is 3.67. The summed E-state index contributed by atoms with van der Waals surface area (Å²) < 4.78 is 2.07. The maximum absolute atomic E-state index is 12.9. The van der Waals surface area contributed by atoms with Crippen LogP contribution in [0.2, 0.25) is 0 Å². The van der Waals surface area contributed by atoms with Gasteiger partial charge in [0.2, 0.25) is 17.8 Å². The summed E-state index contributed by atoms with van der Waals surface area (Å²) in [7, 11) is 0. The Morgan fingerprint density at radius 2 is 1.77 bits per heavy atom. The third kappa shape index (κ3) is 3.57. The SMILES string of the molecule is O=C(Cc1ccccc1)Nc1nc(CC(=O)N2CCn3c2nc2ccccc23)cs1. The van der Waals surface area contributed by atoms with Gasteiger partial charge >= 0.3 is 0 Å². The summed E-state index contributed by atoms with van der Waals surface area (Å²) in [6.45, 7) is 1.34. The second kappa shape index (κ2) is 7.72. The van der Waals surface area contributed by atoms with Crippen molar-refractivity contribution >= 4 is 45.3 Å². The highest BCUT2D eigenvalue weighted by atomic mass is 32.1. The van der Waals surface area contributed by atoms with Gasteiger partial charge in [-0.2, -0.15) is 0 Å². The summed E-state index contributed by atoms with van der Waals surface area (Å²) in [4.78, 5) is 35.8. The van der Waals surface area contributed by atoms with E-state index in [9.17, 15) is 9.59 Å². The lowest BCUT2D eigenvalue weighted by Crippen LogP contribution is -2.31. The van der Waals surface area contributed by atoms with Gasteiger partial charge in [-0.05, 0) is 17.7 Å². The van der Waals surface area contributed by atoms with Gasteiger partial charge in [0.25, 0.3) is 0 Å². The lowest BCUT2D eigenvalue weighted by Gasteiger charge is -2.12. The minimum atomic E-state index is -0.123. The Morgan fingerprint density at radius 3 is 2.63 bits per heavy atom. The maximum atomic E-state index is 12.9. The normalized spacial score (nSPS) is 12.9. The van der Waals surface area contributed by atoms with Gasteiger partial charge in [0.15, 0.2) is 5.13 Å². The van der Waals surface area contributed by atoms with Gasteiger partial charge in [0.05, 0.1) is 29.6 Å². The summed E-state index contributed by atoms with van der Waals surface area (Å²) in [5.74, 6) is 0.519. The van der Waals surface area contributed by atoms with Crippen molar-refractivity contribution in [2.75, 3.05) is 16.8 Å². The number of amides is 2. The van der Waals surface area contributed by atoms with Crippen molar-refractivity contribution < 1.29 is 9.59 Å². The monoisotopic (exact) mass is 417 g/mol. The summed E-state index contributed by atoms with van der Waals surface area (Å²) in [5.41, 5.74) is 3.52. The predicted molar refractivity (Wildman–Crippen MR) is 117 cm³/mol. The fourth-order valence-corrected chi connectivity index (χ4v) is 4.39. The zero-order valence-corrected chi connectivity index (χ0v) is 16.9. The van der Waals surface area contributed by atoms with Crippen LogP contribution in [0.3, 0.4) is 0 Å². The van der Waals surface area contributed by atoms with Crippen LogP contribution in [0.5, 0.6) is 0 Å². The molecular formula is C22H19N5O2S. The first kappa shape index (κ1) is 18.5. The van der Waals surface area contributed by atoms with E-state index in [1.807, 2.05) is 60.0 Å². The molecule has 150 valence electrons. The van der Waals surface area contributed by atoms with E-state index in [4.69, 9.17) is 0 Å². The molecule has 4 aromatic rings. The molecule has 0 bridgehead atoms. The molecule has 8 heteroatoms. The Morgan fingerprint density at radius 1 is 0.967 bits per heavy atom. The number of para-hydroxylation sites is 2. The molecule has 2 aromatic carbocycles. The van der Waals surface area contributed by atoms with Crippen molar-refractivity contribution in [3.63, 3.8) is 0 Å². The average Bonchev–Trinajstić information content (AvgIpc) is 3.44. The standard InChI is InChI=1S/C22H19N5O2S/c28-19(12-15-6-2-1-3-7-15)25-21-23-16(14-30-21)13-20(29)27-11-10-26-18-9-5-4-8-17(18)24-22(26)27/h1-9,14H,10-13H2,(H,23,25,28). The van der Waals surface area contributed by atoms with E-state index in [2.05, 4.69) is 19.9 Å². The quantitative estimate of drug-likeness (QED) is 0.541. The number of nitrogens with one attached hydrogen (secondary N) is 1. The van der Waals surface area contributed by atoms with Crippen LogP contribution in [0.15, 0.2) is 60.0 Å². The maximum Gasteiger partial charge on any atom is 0.235 e. The van der Waals surface area contributed by atoms with Gasteiger partial charge in [-0.3, -0.25) is 14.5 Å². The number of aromatic nitrogens is 3. The molecule has 1 aliphatic rings. The number of fused-ring (bicyclic) bond motifs is 3. The molecule has 2 amide bonds. The number of rotatable bonds is 5. The average molecular weight is 417 g/mol. The summed E-state index contributed by atoms with van der Waals surface area (Å²) in [6, 6.07) is 17.4. The summed E-state index contributed by atoms with van der Waals surface area (Å²) >= 11 is 1.33. The molecule has 2 aromatic heterocycles. The van der Waals surface area contributed by atoms with Crippen molar-refractivity contribution in [3.05, 3.63) is 71.2 Å². The van der Waals surface area contributed by atoms with E-state index in [0.717, 1.165) is 23.1 Å². The van der Waals surface area contributed by atoms with E-state index >= 15 is 0 Å². The van der Waals surface area contributed by atoms with Gasteiger partial charge in [0.1, 0.15) is 0 Å². The van der Waals surface area contributed by atoms with E-state index in [1.54, 1.807) is 4.90 Å². The second-order valence-corrected chi connectivity index (χ2v) is 7.99. The summed E-state index contributed by atoms with van der Waals surface area (Å²) in [5, 5.41) is 5.14. The predicted octanol–water partition coefficient (Wildman–Crippen LogP) is 3.26. The molecule has 30 heavy (non-hydrogen) atoms. The molecule has 1 N–H and O–H groups in total. The van der Waals surface area contributed by atoms with Crippen LogP contribution in [0.4, 0.5) is 11.1 Å². The summed E-state index contributed by atoms with van der Waals surface area (Å²) in [6.07, 6.45) is 0.465. The van der Waals surface area contributed by atoms with E-state index in [-0.39, 0.29) is 18.2 Å². The Labute approximate surface area is 177 Å². The number of imidazole rings is 1. The van der Waals surface area contributed by atoms with Gasteiger partial charge < -0.3 is 9.88 Å². The first-order valence-corrected chi connectivity index (χ1v) is 10.6. The number of anilines is 2. The molecular weight excluding hydrogens is 398 g/mol. The Bertz CT molecular complexity index is 1230. The largest absolute Gasteiger partial charge is 0.308 e. The number of hydrogen-bond donors (Lipinski definition) is 1. The Balaban J connectivity index is 1.24. The van der Waals surface area contributed by atoms with Gasteiger partial charge in [0, 0.05) is 18.5 Å². The van der Waals surface area contributed by atoms with Crippen molar-refractivity contribution in [3.8, 4) is 0 Å². The van der Waals surface area contributed by atoms with Crippen LogP contribution in [0.25, 0.3) is 11.0 Å². The molecule has 0 saturated carbocycles. The highest BCUT2D eigenvalue weighted by Crippen LogP contribution is 2.28. The first-order chi connectivity index (χ1) is 14.7. The number of thiazole rings is 1. The lowest BCUT2D eigenvalue weighted by molar-refractivity contribution is -0.118. The minimum absolute atomic E-state index is 0.0449. The number of carbonyl (C=O) groups is 2. The molecule has 0 fully saturated rings. The zero-order valence-electron chi connectivity index (χ0n) is 16.1. The zero-order chi connectivity index (χ0) is 20.5. The van der Waals surface area contributed by atoms with Gasteiger partial charge in [-0.15, -0.1) is 11.3 Å². The molecule has 1 aliphatic heterocycles. The molecule has 0 atom stereocenters. The van der Waals surface area contributed by atoms with Crippen molar-refractivity contribution in [2.45, 2.75) is 19.4 Å². The van der Waals surface area contributed by atoms with Crippen LogP contribution in [0.1, 0.15) is 11.3 Å². The van der Waals surface area contributed by atoms with E-state index in [1.165, 1.54) is 11.3 Å². The van der Waals surface area contributed by atoms with Gasteiger partial charge in [-0.25, -0.2) is 9.97 Å². The number of carbonyl (C=O) groups excluding carboxylic acids is 2. The smallest absolute Gasteiger partial charge is 0.235 e. The van der Waals surface area contributed by atoms with Crippen molar-refractivity contribution in [2.24, 2.45) is 0 Å². The topological polar surface area (TPSA) is 80.1 Å². The van der Waals surface area contributed by atoms with Crippen molar-refractivity contribution in [1.29, 1.82) is 0 Å². The Kier molecular flexibility index (Phi) is 4.76. The minimum Gasteiger partial charge on any atom is -0.308 e. The molecule has 0 spiro atoms.